The highest BCUT2D eigenvalue weighted by molar-refractivity contribution is 7.90. The van der Waals surface area contributed by atoms with Crippen LogP contribution in [0.2, 0.25) is 0 Å². The van der Waals surface area contributed by atoms with Gasteiger partial charge in [0.2, 0.25) is 0 Å². The molecule has 118 valence electrons. The van der Waals surface area contributed by atoms with Crippen molar-refractivity contribution in [2.24, 2.45) is 5.92 Å². The van der Waals surface area contributed by atoms with Crippen LogP contribution in [0.5, 0.6) is 0 Å². The first-order valence-corrected chi connectivity index (χ1v) is 8.76. The fourth-order valence-electron chi connectivity index (χ4n) is 2.09. The van der Waals surface area contributed by atoms with E-state index in [-0.39, 0.29) is 23.5 Å². The minimum Gasteiger partial charge on any atom is -0.394 e. The van der Waals surface area contributed by atoms with Crippen LogP contribution in [0.4, 0.5) is 0 Å². The average Bonchev–Trinajstić information content (AvgIpc) is 2.36. The van der Waals surface area contributed by atoms with E-state index in [9.17, 15) is 18.3 Å². The summed E-state index contributed by atoms with van der Waals surface area (Å²) in [4.78, 5) is 12.4. The van der Waals surface area contributed by atoms with E-state index in [1.165, 1.54) is 12.1 Å². The van der Waals surface area contributed by atoms with E-state index in [4.69, 9.17) is 0 Å². The highest BCUT2D eigenvalue weighted by Crippen LogP contribution is 2.16. The van der Waals surface area contributed by atoms with Gasteiger partial charge >= 0.3 is 0 Å². The minimum atomic E-state index is -3.36. The largest absolute Gasteiger partial charge is 0.394 e. The lowest BCUT2D eigenvalue weighted by atomic mass is 10.0. The Bertz CT molecular complexity index is 608. The van der Waals surface area contributed by atoms with E-state index in [0.717, 1.165) is 6.26 Å². The third-order valence-corrected chi connectivity index (χ3v) is 4.30. The van der Waals surface area contributed by atoms with E-state index >= 15 is 0 Å². The summed E-state index contributed by atoms with van der Waals surface area (Å²) in [6.07, 6.45) is 1.77. The number of nitrogens with one attached hydrogen (secondary N) is 1. The van der Waals surface area contributed by atoms with Gasteiger partial charge in [0.25, 0.3) is 5.91 Å². The average molecular weight is 313 g/mol. The summed E-state index contributed by atoms with van der Waals surface area (Å²) in [6, 6.07) is 4.14. The zero-order chi connectivity index (χ0) is 16.2. The molecular formula is C15H23NO4S. The molecule has 0 spiro atoms. The van der Waals surface area contributed by atoms with Gasteiger partial charge in [0.1, 0.15) is 0 Å². The van der Waals surface area contributed by atoms with Crippen molar-refractivity contribution in [1.29, 1.82) is 0 Å². The van der Waals surface area contributed by atoms with Gasteiger partial charge in [0, 0.05) is 11.8 Å². The third kappa shape index (κ3) is 5.13. The van der Waals surface area contributed by atoms with Crippen LogP contribution in [0.3, 0.4) is 0 Å². The highest BCUT2D eigenvalue weighted by atomic mass is 32.2. The topological polar surface area (TPSA) is 83.5 Å². The number of aryl methyl sites for hydroxylation is 1. The molecule has 2 N–H and O–H groups in total. The number of hydrogen-bond acceptors (Lipinski definition) is 4. The van der Waals surface area contributed by atoms with E-state index in [2.05, 4.69) is 5.32 Å². The Morgan fingerprint density at radius 1 is 1.33 bits per heavy atom. The summed E-state index contributed by atoms with van der Waals surface area (Å²) < 4.78 is 23.1. The molecule has 0 bridgehead atoms. The number of aliphatic hydroxyl groups excluding tert-OH is 1. The van der Waals surface area contributed by atoms with E-state index in [1.807, 2.05) is 13.8 Å². The second-order valence-electron chi connectivity index (χ2n) is 5.73. The first-order valence-electron chi connectivity index (χ1n) is 6.87. The quantitative estimate of drug-likeness (QED) is 0.834. The predicted octanol–water partition coefficient (Wildman–Crippen LogP) is 1.54. The number of rotatable bonds is 6. The monoisotopic (exact) mass is 313 g/mol. The Morgan fingerprint density at radius 3 is 2.43 bits per heavy atom. The molecule has 1 atom stereocenters. The number of aliphatic hydroxyl groups is 1. The summed E-state index contributed by atoms with van der Waals surface area (Å²) in [5, 5.41) is 12.1. The van der Waals surface area contributed by atoms with E-state index in [0.29, 0.717) is 23.5 Å². The van der Waals surface area contributed by atoms with Gasteiger partial charge in [-0.05, 0) is 37.0 Å². The molecule has 0 fully saturated rings. The van der Waals surface area contributed by atoms with Crippen molar-refractivity contribution in [3.8, 4) is 0 Å². The molecule has 0 aliphatic carbocycles. The molecule has 0 radical (unpaired) electrons. The van der Waals surface area contributed by atoms with Crippen molar-refractivity contribution in [3.05, 3.63) is 29.3 Å². The first-order chi connectivity index (χ1) is 9.65. The minimum absolute atomic E-state index is 0.114. The second kappa shape index (κ2) is 7.04. The van der Waals surface area contributed by atoms with Crippen LogP contribution in [-0.4, -0.2) is 38.3 Å². The lowest BCUT2D eigenvalue weighted by Crippen LogP contribution is -2.38. The number of sulfone groups is 1. The maximum atomic E-state index is 12.3. The van der Waals surface area contributed by atoms with Crippen molar-refractivity contribution in [2.75, 3.05) is 12.9 Å². The van der Waals surface area contributed by atoms with Crippen LogP contribution >= 0.6 is 0 Å². The lowest BCUT2D eigenvalue weighted by molar-refractivity contribution is 0.0907. The molecule has 6 heteroatoms. The van der Waals surface area contributed by atoms with Crippen LogP contribution in [0, 0.1) is 12.8 Å². The van der Waals surface area contributed by atoms with Crippen LogP contribution in [0.1, 0.15) is 36.2 Å². The van der Waals surface area contributed by atoms with Gasteiger partial charge in [-0.3, -0.25) is 4.79 Å². The molecule has 1 aromatic rings. The number of carbonyl (C=O) groups excluding carboxylic acids is 1. The molecule has 0 aromatic heterocycles. The standard InChI is InChI=1S/C15H23NO4S/c1-10(2)7-12(9-17)16-15(18)14-8-13(21(4,19)20)6-5-11(14)3/h5-6,8,10,12,17H,7,9H2,1-4H3,(H,16,18). The van der Waals surface area contributed by atoms with Crippen molar-refractivity contribution < 1.29 is 18.3 Å². The van der Waals surface area contributed by atoms with Crippen LogP contribution < -0.4 is 5.32 Å². The Balaban J connectivity index is 3.01. The van der Waals surface area contributed by atoms with E-state index in [1.54, 1.807) is 13.0 Å². The Kier molecular flexibility index (Phi) is 5.92. The van der Waals surface area contributed by atoms with Crippen LogP contribution in [0.25, 0.3) is 0 Å². The molecule has 0 aliphatic heterocycles. The molecule has 0 heterocycles. The molecule has 1 rings (SSSR count). The second-order valence-corrected chi connectivity index (χ2v) is 7.75. The lowest BCUT2D eigenvalue weighted by Gasteiger charge is -2.19. The summed E-state index contributed by atoms with van der Waals surface area (Å²) in [7, 11) is -3.36. The van der Waals surface area contributed by atoms with Gasteiger partial charge in [-0.1, -0.05) is 19.9 Å². The summed E-state index contributed by atoms with van der Waals surface area (Å²) in [5.41, 5.74) is 1.02. The molecule has 21 heavy (non-hydrogen) atoms. The zero-order valence-electron chi connectivity index (χ0n) is 12.9. The van der Waals surface area contributed by atoms with Gasteiger partial charge in [0.05, 0.1) is 17.5 Å². The van der Waals surface area contributed by atoms with E-state index < -0.39 is 9.84 Å². The Labute approximate surface area is 126 Å². The molecule has 0 saturated carbocycles. The SMILES string of the molecule is Cc1ccc(S(C)(=O)=O)cc1C(=O)NC(CO)CC(C)C. The normalized spacial score (nSPS) is 13.2. The molecule has 1 unspecified atom stereocenters. The third-order valence-electron chi connectivity index (χ3n) is 3.19. The Morgan fingerprint density at radius 2 is 1.95 bits per heavy atom. The summed E-state index contributed by atoms with van der Waals surface area (Å²) >= 11 is 0. The predicted molar refractivity (Wildman–Crippen MR) is 82.1 cm³/mol. The molecule has 1 amide bonds. The van der Waals surface area contributed by atoms with Gasteiger partial charge in [-0.25, -0.2) is 8.42 Å². The van der Waals surface area contributed by atoms with Crippen molar-refractivity contribution in [1.82, 2.24) is 5.32 Å². The van der Waals surface area contributed by atoms with Crippen LogP contribution in [0.15, 0.2) is 23.1 Å². The van der Waals surface area contributed by atoms with Gasteiger partial charge in [-0.15, -0.1) is 0 Å². The molecule has 0 saturated heterocycles. The van der Waals surface area contributed by atoms with Crippen molar-refractivity contribution >= 4 is 15.7 Å². The van der Waals surface area contributed by atoms with Gasteiger partial charge < -0.3 is 10.4 Å². The summed E-state index contributed by atoms with van der Waals surface area (Å²) in [6.45, 7) is 5.61. The maximum absolute atomic E-state index is 12.3. The fraction of sp³-hybridized carbons (Fsp3) is 0.533. The first kappa shape index (κ1) is 17.7. The number of hydrogen-bond donors (Lipinski definition) is 2. The molecular weight excluding hydrogens is 290 g/mol. The maximum Gasteiger partial charge on any atom is 0.251 e. The molecule has 5 nitrogen and oxygen atoms in total. The smallest absolute Gasteiger partial charge is 0.251 e. The van der Waals surface area contributed by atoms with Crippen molar-refractivity contribution in [2.45, 2.75) is 38.1 Å². The highest BCUT2D eigenvalue weighted by Gasteiger charge is 2.18. The van der Waals surface area contributed by atoms with Crippen LogP contribution in [-0.2, 0) is 9.84 Å². The zero-order valence-corrected chi connectivity index (χ0v) is 13.7. The Hall–Kier alpha value is -1.40. The number of carbonyl (C=O) groups is 1. The summed E-state index contributed by atoms with van der Waals surface area (Å²) in [5.74, 6) is -0.0244. The van der Waals surface area contributed by atoms with Crippen molar-refractivity contribution in [3.63, 3.8) is 0 Å². The molecule has 0 aliphatic rings. The van der Waals surface area contributed by atoms with Gasteiger partial charge in [-0.2, -0.15) is 0 Å². The molecule has 1 aromatic carbocycles. The van der Waals surface area contributed by atoms with Gasteiger partial charge in [0.15, 0.2) is 9.84 Å². The number of amides is 1. The fourth-order valence-corrected chi connectivity index (χ4v) is 2.73. The number of benzene rings is 1.